The molecule has 0 spiro atoms. The fourth-order valence-electron chi connectivity index (χ4n) is 3.62. The van der Waals surface area contributed by atoms with E-state index >= 15 is 0 Å². The lowest BCUT2D eigenvalue weighted by molar-refractivity contribution is 0.0583. The number of amides is 1. The predicted molar refractivity (Wildman–Crippen MR) is 91.8 cm³/mol. The average Bonchev–Trinajstić information content (AvgIpc) is 2.61. The molecule has 132 valence electrons. The summed E-state index contributed by atoms with van der Waals surface area (Å²) in [5.41, 5.74) is 6.98. The van der Waals surface area contributed by atoms with Crippen molar-refractivity contribution in [1.29, 1.82) is 0 Å². The van der Waals surface area contributed by atoms with Gasteiger partial charge in [0, 0.05) is 37.3 Å². The molecule has 24 heavy (non-hydrogen) atoms. The van der Waals surface area contributed by atoms with Crippen molar-refractivity contribution in [2.45, 2.75) is 38.3 Å². The Hall–Kier alpha value is -1.66. The maximum absolute atomic E-state index is 14.5. The second-order valence-corrected chi connectivity index (χ2v) is 6.69. The van der Waals surface area contributed by atoms with Gasteiger partial charge in [0.2, 0.25) is 0 Å². The highest BCUT2D eigenvalue weighted by Gasteiger charge is 2.30. The van der Waals surface area contributed by atoms with E-state index in [1.165, 1.54) is 6.07 Å². The van der Waals surface area contributed by atoms with E-state index in [0.29, 0.717) is 44.1 Å². The maximum Gasteiger partial charge on any atom is 0.254 e. The van der Waals surface area contributed by atoms with E-state index in [4.69, 9.17) is 10.5 Å². The quantitative estimate of drug-likeness (QED) is 0.918. The molecule has 5 nitrogen and oxygen atoms in total. The largest absolute Gasteiger partial charge is 0.378 e. The summed E-state index contributed by atoms with van der Waals surface area (Å²) >= 11 is 0. The second kappa shape index (κ2) is 7.49. The van der Waals surface area contributed by atoms with Gasteiger partial charge >= 0.3 is 0 Å². The van der Waals surface area contributed by atoms with Crippen LogP contribution >= 0.6 is 0 Å². The van der Waals surface area contributed by atoms with Crippen LogP contribution in [0.4, 0.5) is 10.1 Å². The number of morpholine rings is 1. The van der Waals surface area contributed by atoms with E-state index in [0.717, 1.165) is 19.3 Å². The summed E-state index contributed by atoms with van der Waals surface area (Å²) in [5.74, 6) is -0.471. The van der Waals surface area contributed by atoms with Gasteiger partial charge in [0.1, 0.15) is 5.82 Å². The topological polar surface area (TPSA) is 58.8 Å². The molecule has 2 saturated heterocycles. The Morgan fingerprint density at radius 2 is 2.04 bits per heavy atom. The highest BCUT2D eigenvalue weighted by Crippen LogP contribution is 2.25. The van der Waals surface area contributed by atoms with Gasteiger partial charge in [0.15, 0.2) is 0 Å². The van der Waals surface area contributed by atoms with Crippen LogP contribution in [0.15, 0.2) is 18.2 Å². The van der Waals surface area contributed by atoms with E-state index in [1.807, 2.05) is 16.7 Å². The summed E-state index contributed by atoms with van der Waals surface area (Å²) in [4.78, 5) is 16.6. The van der Waals surface area contributed by atoms with Crippen molar-refractivity contribution < 1.29 is 13.9 Å². The Bertz CT molecular complexity index is 588. The monoisotopic (exact) mass is 335 g/mol. The number of carbonyl (C=O) groups excluding carboxylic acids is 1. The molecule has 0 aliphatic carbocycles. The zero-order valence-corrected chi connectivity index (χ0v) is 14.2. The minimum absolute atomic E-state index is 0.0354. The zero-order chi connectivity index (χ0) is 17.1. The number of halogens is 1. The standard InChI is InChI=1S/C18H26FN3O2/c1-13(20)16-4-2-3-7-22(16)18(23)14-5-6-17(15(19)12-14)21-8-10-24-11-9-21/h5-6,12-13,16H,2-4,7-11,20H2,1H3/t13-,16+/m0/s1. The first-order valence-corrected chi connectivity index (χ1v) is 8.76. The number of nitrogens with two attached hydrogens (primary N) is 1. The van der Waals surface area contributed by atoms with Gasteiger partial charge in [-0.2, -0.15) is 0 Å². The van der Waals surface area contributed by atoms with Crippen LogP contribution in [0.1, 0.15) is 36.5 Å². The molecular formula is C18H26FN3O2. The van der Waals surface area contributed by atoms with Crippen LogP contribution in [0, 0.1) is 5.82 Å². The minimum Gasteiger partial charge on any atom is -0.378 e. The number of likely N-dealkylation sites (tertiary alicyclic amines) is 1. The van der Waals surface area contributed by atoms with Crippen molar-refractivity contribution in [3.05, 3.63) is 29.6 Å². The van der Waals surface area contributed by atoms with E-state index in [1.54, 1.807) is 12.1 Å². The number of rotatable bonds is 3. The van der Waals surface area contributed by atoms with Gasteiger partial charge in [0.25, 0.3) is 5.91 Å². The number of carbonyl (C=O) groups is 1. The summed E-state index contributed by atoms with van der Waals surface area (Å²) in [6, 6.07) is 4.75. The summed E-state index contributed by atoms with van der Waals surface area (Å²) < 4.78 is 19.8. The van der Waals surface area contributed by atoms with E-state index < -0.39 is 0 Å². The Kier molecular flexibility index (Phi) is 5.36. The Morgan fingerprint density at radius 3 is 2.71 bits per heavy atom. The average molecular weight is 335 g/mol. The molecule has 0 saturated carbocycles. The molecule has 2 fully saturated rings. The lowest BCUT2D eigenvalue weighted by Crippen LogP contribution is -2.51. The van der Waals surface area contributed by atoms with Crippen molar-refractivity contribution in [2.75, 3.05) is 37.7 Å². The molecule has 1 aromatic rings. The molecule has 2 aliphatic heterocycles. The number of nitrogens with zero attached hydrogens (tertiary/aromatic N) is 2. The second-order valence-electron chi connectivity index (χ2n) is 6.69. The summed E-state index contributed by atoms with van der Waals surface area (Å²) in [6.07, 6.45) is 2.97. The smallest absolute Gasteiger partial charge is 0.254 e. The van der Waals surface area contributed by atoms with Crippen LogP contribution in [-0.2, 0) is 4.74 Å². The van der Waals surface area contributed by atoms with Crippen molar-refractivity contribution in [3.63, 3.8) is 0 Å². The zero-order valence-electron chi connectivity index (χ0n) is 14.2. The first kappa shape index (κ1) is 17.2. The Morgan fingerprint density at radius 1 is 1.29 bits per heavy atom. The molecule has 2 atom stereocenters. The van der Waals surface area contributed by atoms with Gasteiger partial charge in [0.05, 0.1) is 18.9 Å². The molecule has 0 unspecified atom stereocenters. The van der Waals surface area contributed by atoms with Crippen LogP contribution in [-0.4, -0.2) is 55.7 Å². The van der Waals surface area contributed by atoms with Crippen molar-refractivity contribution in [3.8, 4) is 0 Å². The number of ether oxygens (including phenoxy) is 1. The van der Waals surface area contributed by atoms with Crippen LogP contribution < -0.4 is 10.6 Å². The molecule has 2 aliphatic rings. The minimum atomic E-state index is -0.350. The molecule has 3 rings (SSSR count). The van der Waals surface area contributed by atoms with Gasteiger partial charge in [-0.15, -0.1) is 0 Å². The van der Waals surface area contributed by atoms with Gasteiger partial charge in [-0.3, -0.25) is 4.79 Å². The van der Waals surface area contributed by atoms with Crippen molar-refractivity contribution in [2.24, 2.45) is 5.73 Å². The Labute approximate surface area is 142 Å². The van der Waals surface area contributed by atoms with Crippen LogP contribution in [0.5, 0.6) is 0 Å². The third-order valence-corrected chi connectivity index (χ3v) is 4.96. The van der Waals surface area contributed by atoms with Crippen LogP contribution in [0.2, 0.25) is 0 Å². The molecule has 1 amide bonds. The summed E-state index contributed by atoms with van der Waals surface area (Å²) in [7, 11) is 0. The van der Waals surface area contributed by atoms with Crippen molar-refractivity contribution in [1.82, 2.24) is 4.90 Å². The predicted octanol–water partition coefficient (Wildman–Crippen LogP) is 2.00. The highest BCUT2D eigenvalue weighted by atomic mass is 19.1. The first-order chi connectivity index (χ1) is 11.6. The number of hydrogen-bond donors (Lipinski definition) is 1. The SMILES string of the molecule is C[C@H](N)[C@H]1CCCCN1C(=O)c1ccc(N2CCOCC2)c(F)c1. The molecule has 2 N–H and O–H groups in total. The molecule has 0 radical (unpaired) electrons. The number of benzene rings is 1. The summed E-state index contributed by atoms with van der Waals surface area (Å²) in [5, 5.41) is 0. The molecule has 0 aromatic heterocycles. The molecule has 1 aromatic carbocycles. The molecular weight excluding hydrogens is 309 g/mol. The lowest BCUT2D eigenvalue weighted by atomic mass is 9.96. The third-order valence-electron chi connectivity index (χ3n) is 4.96. The maximum atomic E-state index is 14.5. The molecule has 6 heteroatoms. The fraction of sp³-hybridized carbons (Fsp3) is 0.611. The van der Waals surface area contributed by atoms with E-state index in [9.17, 15) is 9.18 Å². The molecule has 2 heterocycles. The lowest BCUT2D eigenvalue weighted by Gasteiger charge is -2.38. The third kappa shape index (κ3) is 3.54. The fourth-order valence-corrected chi connectivity index (χ4v) is 3.62. The van der Waals surface area contributed by atoms with Gasteiger partial charge in [-0.1, -0.05) is 0 Å². The normalized spacial score (nSPS) is 23.2. The van der Waals surface area contributed by atoms with Crippen LogP contribution in [0.3, 0.4) is 0 Å². The Balaban J connectivity index is 1.78. The van der Waals surface area contributed by atoms with Gasteiger partial charge in [-0.05, 0) is 44.4 Å². The molecule has 0 bridgehead atoms. The van der Waals surface area contributed by atoms with Gasteiger partial charge in [-0.25, -0.2) is 4.39 Å². The number of anilines is 1. The highest BCUT2D eigenvalue weighted by molar-refractivity contribution is 5.95. The van der Waals surface area contributed by atoms with Crippen LogP contribution in [0.25, 0.3) is 0 Å². The van der Waals surface area contributed by atoms with Gasteiger partial charge < -0.3 is 20.3 Å². The van der Waals surface area contributed by atoms with E-state index in [2.05, 4.69) is 0 Å². The number of piperidine rings is 1. The number of hydrogen-bond acceptors (Lipinski definition) is 4. The van der Waals surface area contributed by atoms with E-state index in [-0.39, 0.29) is 23.8 Å². The summed E-state index contributed by atoms with van der Waals surface area (Å²) in [6.45, 7) is 5.16. The first-order valence-electron chi connectivity index (χ1n) is 8.76. The van der Waals surface area contributed by atoms with Crippen molar-refractivity contribution >= 4 is 11.6 Å².